The van der Waals surface area contributed by atoms with Gasteiger partial charge in [0.1, 0.15) is 5.60 Å². The molecule has 16 heavy (non-hydrogen) atoms. The molecular formula is C11H11F3O2. The van der Waals surface area contributed by atoms with Crippen LogP contribution in [0.3, 0.4) is 0 Å². The molecule has 1 saturated heterocycles. The summed E-state index contributed by atoms with van der Waals surface area (Å²) < 4.78 is 42.0. The Kier molecular flexibility index (Phi) is 2.67. The molecule has 1 aromatic rings. The first-order valence-corrected chi connectivity index (χ1v) is 4.90. The van der Waals surface area contributed by atoms with Crippen molar-refractivity contribution in [1.29, 1.82) is 0 Å². The molecule has 1 aliphatic rings. The SMILES string of the molecule is OC1(c2ccc(C(F)(F)F)cc2)CCOC1. The van der Waals surface area contributed by atoms with Gasteiger partial charge in [0.2, 0.25) is 0 Å². The van der Waals surface area contributed by atoms with E-state index in [0.29, 0.717) is 18.6 Å². The van der Waals surface area contributed by atoms with Crippen LogP contribution >= 0.6 is 0 Å². The van der Waals surface area contributed by atoms with Crippen molar-refractivity contribution in [2.75, 3.05) is 13.2 Å². The zero-order valence-corrected chi connectivity index (χ0v) is 8.42. The van der Waals surface area contributed by atoms with Crippen molar-refractivity contribution in [3.05, 3.63) is 35.4 Å². The molecule has 0 amide bonds. The highest BCUT2D eigenvalue weighted by Gasteiger charge is 2.35. The lowest BCUT2D eigenvalue weighted by Gasteiger charge is -2.21. The van der Waals surface area contributed by atoms with Crippen LogP contribution < -0.4 is 0 Å². The third kappa shape index (κ3) is 2.05. The van der Waals surface area contributed by atoms with Crippen LogP contribution in [0.15, 0.2) is 24.3 Å². The summed E-state index contributed by atoms with van der Waals surface area (Å²) in [6, 6.07) is 4.56. The molecule has 0 bridgehead atoms. The van der Waals surface area contributed by atoms with E-state index in [1.165, 1.54) is 12.1 Å². The Hall–Kier alpha value is -1.07. The van der Waals surface area contributed by atoms with Crippen LogP contribution in [0.2, 0.25) is 0 Å². The van der Waals surface area contributed by atoms with Crippen LogP contribution in [0.5, 0.6) is 0 Å². The van der Waals surface area contributed by atoms with E-state index >= 15 is 0 Å². The van der Waals surface area contributed by atoms with Crippen LogP contribution in [0, 0.1) is 0 Å². The molecule has 1 fully saturated rings. The van der Waals surface area contributed by atoms with Gasteiger partial charge in [0, 0.05) is 13.0 Å². The number of alkyl halides is 3. The monoisotopic (exact) mass is 232 g/mol. The van der Waals surface area contributed by atoms with Gasteiger partial charge in [0.05, 0.1) is 12.2 Å². The quantitative estimate of drug-likeness (QED) is 0.805. The molecular weight excluding hydrogens is 221 g/mol. The number of hydrogen-bond acceptors (Lipinski definition) is 2. The maximum absolute atomic E-state index is 12.3. The first-order chi connectivity index (χ1) is 7.42. The zero-order valence-electron chi connectivity index (χ0n) is 8.42. The second-order valence-corrected chi connectivity index (χ2v) is 3.91. The summed E-state index contributed by atoms with van der Waals surface area (Å²) in [7, 11) is 0. The Morgan fingerprint density at radius 2 is 1.81 bits per heavy atom. The Bertz CT molecular complexity index is 364. The fourth-order valence-corrected chi connectivity index (χ4v) is 1.75. The van der Waals surface area contributed by atoms with Crippen LogP contribution in [-0.2, 0) is 16.5 Å². The fourth-order valence-electron chi connectivity index (χ4n) is 1.75. The molecule has 1 heterocycles. The van der Waals surface area contributed by atoms with Crippen LogP contribution in [0.4, 0.5) is 13.2 Å². The van der Waals surface area contributed by atoms with Gasteiger partial charge in [0.15, 0.2) is 0 Å². The Morgan fingerprint density at radius 3 is 2.25 bits per heavy atom. The molecule has 1 unspecified atom stereocenters. The third-order valence-electron chi connectivity index (χ3n) is 2.75. The summed E-state index contributed by atoms with van der Waals surface area (Å²) in [5.74, 6) is 0. The highest BCUT2D eigenvalue weighted by Crippen LogP contribution is 2.33. The second kappa shape index (κ2) is 3.75. The maximum Gasteiger partial charge on any atom is 0.416 e. The molecule has 0 spiro atoms. The first kappa shape index (κ1) is 11.4. The van der Waals surface area contributed by atoms with E-state index in [0.717, 1.165) is 12.1 Å². The topological polar surface area (TPSA) is 29.5 Å². The summed E-state index contributed by atoms with van der Waals surface area (Å²) in [5.41, 5.74) is -1.37. The van der Waals surface area contributed by atoms with Crippen molar-refractivity contribution in [2.24, 2.45) is 0 Å². The molecule has 0 aromatic heterocycles. The number of halogens is 3. The summed E-state index contributed by atoms with van der Waals surface area (Å²) in [6.45, 7) is 0.565. The van der Waals surface area contributed by atoms with Gasteiger partial charge in [-0.1, -0.05) is 12.1 Å². The van der Waals surface area contributed by atoms with Gasteiger partial charge >= 0.3 is 6.18 Å². The predicted octanol–water partition coefficient (Wildman–Crippen LogP) is 2.31. The molecule has 1 N–H and O–H groups in total. The minimum Gasteiger partial charge on any atom is -0.383 e. The molecule has 0 radical (unpaired) electrons. The highest BCUT2D eigenvalue weighted by atomic mass is 19.4. The van der Waals surface area contributed by atoms with E-state index in [2.05, 4.69) is 0 Å². The Balaban J connectivity index is 2.26. The van der Waals surface area contributed by atoms with Crippen LogP contribution in [-0.4, -0.2) is 18.3 Å². The number of benzene rings is 1. The van der Waals surface area contributed by atoms with Gasteiger partial charge in [-0.25, -0.2) is 0 Å². The molecule has 5 heteroatoms. The van der Waals surface area contributed by atoms with Crippen molar-refractivity contribution >= 4 is 0 Å². The number of aliphatic hydroxyl groups is 1. The van der Waals surface area contributed by atoms with Crippen molar-refractivity contribution in [3.8, 4) is 0 Å². The summed E-state index contributed by atoms with van der Waals surface area (Å²) in [5, 5.41) is 10.1. The minimum absolute atomic E-state index is 0.137. The van der Waals surface area contributed by atoms with Crippen molar-refractivity contribution < 1.29 is 23.0 Å². The number of ether oxygens (including phenoxy) is 1. The number of hydrogen-bond donors (Lipinski definition) is 1. The second-order valence-electron chi connectivity index (χ2n) is 3.91. The van der Waals surface area contributed by atoms with Crippen molar-refractivity contribution in [3.63, 3.8) is 0 Å². The maximum atomic E-state index is 12.3. The highest BCUT2D eigenvalue weighted by molar-refractivity contribution is 5.29. The lowest BCUT2D eigenvalue weighted by Crippen LogP contribution is -2.25. The van der Waals surface area contributed by atoms with Gasteiger partial charge in [-0.3, -0.25) is 0 Å². The smallest absolute Gasteiger partial charge is 0.383 e. The van der Waals surface area contributed by atoms with Gasteiger partial charge < -0.3 is 9.84 Å². The molecule has 2 rings (SSSR count). The first-order valence-electron chi connectivity index (χ1n) is 4.90. The molecule has 2 nitrogen and oxygen atoms in total. The Labute approximate surface area is 90.7 Å². The lowest BCUT2D eigenvalue weighted by molar-refractivity contribution is -0.137. The average Bonchev–Trinajstić information content (AvgIpc) is 2.66. The molecule has 0 aliphatic carbocycles. The van der Waals surface area contributed by atoms with Crippen LogP contribution in [0.1, 0.15) is 17.5 Å². The van der Waals surface area contributed by atoms with E-state index in [1.54, 1.807) is 0 Å². The minimum atomic E-state index is -4.34. The summed E-state index contributed by atoms with van der Waals surface area (Å²) in [4.78, 5) is 0. The predicted molar refractivity (Wildman–Crippen MR) is 50.8 cm³/mol. The van der Waals surface area contributed by atoms with E-state index in [9.17, 15) is 18.3 Å². The number of rotatable bonds is 1. The van der Waals surface area contributed by atoms with Gasteiger partial charge in [-0.05, 0) is 17.7 Å². The van der Waals surface area contributed by atoms with Gasteiger partial charge in [0.25, 0.3) is 0 Å². The standard InChI is InChI=1S/C11H11F3O2/c12-11(13,14)9-3-1-8(2-4-9)10(15)5-6-16-7-10/h1-4,15H,5-7H2. The molecule has 1 aromatic carbocycles. The molecule has 1 atom stereocenters. The fraction of sp³-hybridized carbons (Fsp3) is 0.455. The molecule has 88 valence electrons. The lowest BCUT2D eigenvalue weighted by atomic mass is 9.92. The van der Waals surface area contributed by atoms with E-state index in [1.807, 2.05) is 0 Å². The largest absolute Gasteiger partial charge is 0.416 e. The zero-order chi connectivity index (χ0) is 11.8. The third-order valence-corrected chi connectivity index (χ3v) is 2.75. The van der Waals surface area contributed by atoms with E-state index in [-0.39, 0.29) is 6.61 Å². The van der Waals surface area contributed by atoms with Crippen molar-refractivity contribution in [1.82, 2.24) is 0 Å². The normalized spacial score (nSPS) is 26.0. The summed E-state index contributed by atoms with van der Waals surface area (Å²) in [6.07, 6.45) is -3.92. The molecule has 1 aliphatic heterocycles. The van der Waals surface area contributed by atoms with E-state index < -0.39 is 17.3 Å². The molecule has 0 saturated carbocycles. The van der Waals surface area contributed by atoms with E-state index in [4.69, 9.17) is 4.74 Å². The van der Waals surface area contributed by atoms with Gasteiger partial charge in [-0.2, -0.15) is 13.2 Å². The average molecular weight is 232 g/mol. The van der Waals surface area contributed by atoms with Crippen LogP contribution in [0.25, 0.3) is 0 Å². The Morgan fingerprint density at radius 1 is 1.19 bits per heavy atom. The summed E-state index contributed by atoms with van der Waals surface area (Å²) >= 11 is 0. The van der Waals surface area contributed by atoms with Crippen molar-refractivity contribution in [2.45, 2.75) is 18.2 Å². The van der Waals surface area contributed by atoms with Gasteiger partial charge in [-0.15, -0.1) is 0 Å².